The Balaban J connectivity index is 2.04. The lowest BCUT2D eigenvalue weighted by Crippen LogP contribution is -2.16. The maximum atomic E-state index is 12.6. The molecule has 0 saturated heterocycles. The fourth-order valence-electron chi connectivity index (χ4n) is 3.51. The first-order chi connectivity index (χ1) is 14.7. The van der Waals surface area contributed by atoms with E-state index in [9.17, 15) is 9.59 Å². The Morgan fingerprint density at radius 1 is 1.13 bits per heavy atom. The van der Waals surface area contributed by atoms with Crippen LogP contribution in [0, 0.1) is 13.8 Å². The molecule has 0 fully saturated rings. The zero-order valence-corrected chi connectivity index (χ0v) is 19.4. The van der Waals surface area contributed by atoms with Gasteiger partial charge >= 0.3 is 5.97 Å². The van der Waals surface area contributed by atoms with E-state index in [1.807, 2.05) is 25.3 Å². The molecule has 31 heavy (non-hydrogen) atoms. The number of rotatable bonds is 10. The third-order valence-electron chi connectivity index (χ3n) is 4.85. The van der Waals surface area contributed by atoms with Gasteiger partial charge in [0, 0.05) is 30.1 Å². The van der Waals surface area contributed by atoms with E-state index in [-0.39, 0.29) is 18.4 Å². The molecule has 168 valence electrons. The van der Waals surface area contributed by atoms with Gasteiger partial charge in [0.25, 0.3) is 0 Å². The highest BCUT2D eigenvalue weighted by molar-refractivity contribution is 6.32. The Kier molecular flexibility index (Phi) is 8.71. The van der Waals surface area contributed by atoms with Crippen molar-refractivity contribution in [2.75, 3.05) is 34.5 Å². The molecule has 0 aliphatic rings. The van der Waals surface area contributed by atoms with Gasteiger partial charge in [-0.2, -0.15) is 0 Å². The highest BCUT2D eigenvalue weighted by Gasteiger charge is 2.19. The lowest BCUT2D eigenvalue weighted by molar-refractivity contribution is -0.136. The van der Waals surface area contributed by atoms with Gasteiger partial charge < -0.3 is 23.5 Å². The summed E-state index contributed by atoms with van der Waals surface area (Å²) in [5.41, 5.74) is 2.92. The number of carbonyl (C=O) groups is 2. The van der Waals surface area contributed by atoms with Crippen molar-refractivity contribution >= 4 is 29.4 Å². The average Bonchev–Trinajstić information content (AvgIpc) is 3.04. The number of Topliss-reactive ketones (excluding diaryl/α,β-unsaturated/α-hetero) is 1. The lowest BCUT2D eigenvalue weighted by Gasteiger charge is -2.17. The number of hydrogen-bond donors (Lipinski definition) is 0. The summed E-state index contributed by atoms with van der Waals surface area (Å²) in [6.07, 6.45) is 2.76. The number of ether oxygens (including phenoxy) is 4. The molecule has 1 heterocycles. The molecule has 7 nitrogen and oxygen atoms in total. The first-order valence-electron chi connectivity index (χ1n) is 9.70. The molecular weight excluding hydrogens is 422 g/mol. The second kappa shape index (κ2) is 11.0. The molecule has 0 spiro atoms. The number of aromatic nitrogens is 1. The molecule has 8 heteroatoms. The SMILES string of the molecule is COCC(C)n1c(C)cc(C(=O)COC(=O)/C=C/c2cc(Cl)c(OC)c(OC)c2)c1C. The van der Waals surface area contributed by atoms with Gasteiger partial charge in [-0.3, -0.25) is 4.79 Å². The number of halogens is 1. The van der Waals surface area contributed by atoms with Crippen molar-refractivity contribution in [3.05, 3.63) is 51.8 Å². The lowest BCUT2D eigenvalue weighted by atomic mass is 10.1. The topological polar surface area (TPSA) is 76.0 Å². The Bertz CT molecular complexity index is 979. The molecule has 1 atom stereocenters. The number of hydrogen-bond acceptors (Lipinski definition) is 6. The van der Waals surface area contributed by atoms with E-state index in [4.69, 9.17) is 30.5 Å². The fraction of sp³-hybridized carbons (Fsp3) is 0.391. The second-order valence-electron chi connectivity index (χ2n) is 7.06. The first kappa shape index (κ1) is 24.5. The summed E-state index contributed by atoms with van der Waals surface area (Å²) in [4.78, 5) is 24.7. The Labute approximate surface area is 187 Å². The summed E-state index contributed by atoms with van der Waals surface area (Å²) < 4.78 is 22.8. The van der Waals surface area contributed by atoms with Crippen molar-refractivity contribution in [1.82, 2.24) is 4.57 Å². The summed E-state index contributed by atoms with van der Waals surface area (Å²) in [7, 11) is 4.62. The Hall–Kier alpha value is -2.77. The molecule has 1 aromatic carbocycles. The van der Waals surface area contributed by atoms with Crippen LogP contribution >= 0.6 is 11.6 Å². The van der Waals surface area contributed by atoms with Gasteiger partial charge in [0.15, 0.2) is 18.1 Å². The summed E-state index contributed by atoms with van der Waals surface area (Å²) >= 11 is 6.16. The van der Waals surface area contributed by atoms with E-state index in [0.717, 1.165) is 11.4 Å². The molecule has 2 aromatic rings. The van der Waals surface area contributed by atoms with Gasteiger partial charge in [-0.1, -0.05) is 11.6 Å². The van der Waals surface area contributed by atoms with Crippen LogP contribution in [0.5, 0.6) is 11.5 Å². The Morgan fingerprint density at radius 3 is 2.45 bits per heavy atom. The smallest absolute Gasteiger partial charge is 0.331 e. The number of aryl methyl sites for hydroxylation is 1. The van der Waals surface area contributed by atoms with Gasteiger partial charge in [0.2, 0.25) is 5.78 Å². The maximum Gasteiger partial charge on any atom is 0.331 e. The number of ketones is 1. The van der Waals surface area contributed by atoms with Crippen molar-refractivity contribution < 1.29 is 28.5 Å². The molecule has 1 unspecified atom stereocenters. The van der Waals surface area contributed by atoms with Gasteiger partial charge in [0.1, 0.15) is 0 Å². The van der Waals surface area contributed by atoms with Crippen LogP contribution in [0.3, 0.4) is 0 Å². The maximum absolute atomic E-state index is 12.6. The minimum Gasteiger partial charge on any atom is -0.493 e. The van der Waals surface area contributed by atoms with Crippen molar-refractivity contribution in [3.63, 3.8) is 0 Å². The fourth-order valence-corrected chi connectivity index (χ4v) is 3.81. The number of benzene rings is 1. The van der Waals surface area contributed by atoms with Crippen molar-refractivity contribution in [2.45, 2.75) is 26.8 Å². The molecule has 0 bridgehead atoms. The van der Waals surface area contributed by atoms with Crippen molar-refractivity contribution in [1.29, 1.82) is 0 Å². The number of methoxy groups -OCH3 is 3. The van der Waals surface area contributed by atoms with Gasteiger partial charge in [0.05, 0.1) is 31.9 Å². The molecule has 0 N–H and O–H groups in total. The Morgan fingerprint density at radius 2 is 1.84 bits per heavy atom. The summed E-state index contributed by atoms with van der Waals surface area (Å²) in [6, 6.07) is 5.20. The molecule has 0 aliphatic carbocycles. The van der Waals surface area contributed by atoms with E-state index in [0.29, 0.717) is 34.3 Å². The van der Waals surface area contributed by atoms with Crippen LogP contribution in [0.4, 0.5) is 0 Å². The molecule has 2 rings (SSSR count). The van der Waals surface area contributed by atoms with Crippen LogP contribution in [0.15, 0.2) is 24.3 Å². The standard InChI is InChI=1S/C23H28ClNO6/c1-14-9-18(16(3)25(14)15(2)12-28-4)20(26)13-31-22(27)8-7-17-10-19(24)23(30-6)21(11-17)29-5/h7-11,15H,12-13H2,1-6H3/b8-7+. The first-order valence-corrected chi connectivity index (χ1v) is 10.1. The summed E-state index contributed by atoms with van der Waals surface area (Å²) in [5.74, 6) is -0.0520. The number of nitrogens with zero attached hydrogens (tertiary/aromatic N) is 1. The predicted molar refractivity (Wildman–Crippen MR) is 119 cm³/mol. The minimum atomic E-state index is -0.638. The highest BCUT2D eigenvalue weighted by atomic mass is 35.5. The largest absolute Gasteiger partial charge is 0.493 e. The molecular formula is C23H28ClNO6. The summed E-state index contributed by atoms with van der Waals surface area (Å²) in [5, 5.41) is 0.350. The quantitative estimate of drug-likeness (QED) is 0.303. The number of esters is 1. The second-order valence-corrected chi connectivity index (χ2v) is 7.47. The van der Waals surface area contributed by atoms with Gasteiger partial charge in [-0.05, 0) is 50.6 Å². The van der Waals surface area contributed by atoms with E-state index in [1.54, 1.807) is 25.3 Å². The zero-order valence-electron chi connectivity index (χ0n) is 18.7. The summed E-state index contributed by atoms with van der Waals surface area (Å²) in [6.45, 7) is 6.00. The van der Waals surface area contributed by atoms with Gasteiger partial charge in [-0.25, -0.2) is 4.79 Å². The molecule has 0 amide bonds. The molecule has 1 aromatic heterocycles. The molecule has 0 saturated carbocycles. The monoisotopic (exact) mass is 449 g/mol. The third kappa shape index (κ3) is 5.89. The van der Waals surface area contributed by atoms with Crippen LogP contribution in [0.25, 0.3) is 6.08 Å². The van der Waals surface area contributed by atoms with Crippen LogP contribution in [-0.4, -0.2) is 50.9 Å². The predicted octanol–water partition coefficient (Wildman–Crippen LogP) is 4.42. The molecule has 0 radical (unpaired) electrons. The third-order valence-corrected chi connectivity index (χ3v) is 5.13. The van der Waals surface area contributed by atoms with E-state index >= 15 is 0 Å². The minimum absolute atomic E-state index is 0.0883. The number of carbonyl (C=O) groups excluding carboxylic acids is 2. The van der Waals surface area contributed by atoms with Crippen LogP contribution < -0.4 is 9.47 Å². The van der Waals surface area contributed by atoms with E-state index in [1.165, 1.54) is 26.4 Å². The average molecular weight is 450 g/mol. The van der Waals surface area contributed by atoms with Crippen molar-refractivity contribution in [2.24, 2.45) is 0 Å². The van der Waals surface area contributed by atoms with Crippen molar-refractivity contribution in [3.8, 4) is 11.5 Å². The molecule has 0 aliphatic heterocycles. The van der Waals surface area contributed by atoms with Crippen LogP contribution in [0.2, 0.25) is 5.02 Å². The zero-order chi connectivity index (χ0) is 23.1. The normalized spacial score (nSPS) is 12.1. The van der Waals surface area contributed by atoms with Crippen LogP contribution in [0.1, 0.15) is 40.3 Å². The highest BCUT2D eigenvalue weighted by Crippen LogP contribution is 2.36. The van der Waals surface area contributed by atoms with Crippen LogP contribution in [-0.2, 0) is 14.3 Å². The van der Waals surface area contributed by atoms with Gasteiger partial charge in [-0.15, -0.1) is 0 Å². The van der Waals surface area contributed by atoms with E-state index in [2.05, 4.69) is 0 Å². The van der Waals surface area contributed by atoms with E-state index < -0.39 is 5.97 Å².